The number of urea groups is 1. The summed E-state index contributed by atoms with van der Waals surface area (Å²) in [6, 6.07) is 10.6. The third-order valence-electron chi connectivity index (χ3n) is 5.26. The van der Waals surface area contributed by atoms with Gasteiger partial charge in [0.15, 0.2) is 0 Å². The van der Waals surface area contributed by atoms with Gasteiger partial charge in [-0.3, -0.25) is 10.1 Å². The van der Waals surface area contributed by atoms with Crippen LogP contribution in [0.1, 0.15) is 37.9 Å². The third-order valence-corrected chi connectivity index (χ3v) is 5.26. The van der Waals surface area contributed by atoms with Crippen molar-refractivity contribution in [3.63, 3.8) is 0 Å². The lowest BCUT2D eigenvalue weighted by molar-refractivity contribution is -0.198. The molecular weight excluding hydrogens is 414 g/mol. The van der Waals surface area contributed by atoms with Gasteiger partial charge >= 0.3 is 12.2 Å². The fourth-order valence-corrected chi connectivity index (χ4v) is 3.72. The van der Waals surface area contributed by atoms with E-state index in [0.717, 1.165) is 12.1 Å². The number of amides is 3. The number of carbonyl (C=O) groups excluding carboxylic acids is 2. The minimum absolute atomic E-state index is 0.366. The van der Waals surface area contributed by atoms with Crippen molar-refractivity contribution in [2.45, 2.75) is 38.5 Å². The predicted octanol–water partition coefficient (Wildman–Crippen LogP) is 4.47. The first-order chi connectivity index (χ1) is 14.4. The van der Waals surface area contributed by atoms with Gasteiger partial charge in [0.25, 0.3) is 5.91 Å². The summed E-state index contributed by atoms with van der Waals surface area (Å²) in [7, 11) is 0. The van der Waals surface area contributed by atoms with Crippen molar-refractivity contribution >= 4 is 11.9 Å². The van der Waals surface area contributed by atoms with Crippen LogP contribution in [0.5, 0.6) is 0 Å². The lowest BCUT2D eigenvalue weighted by Crippen LogP contribution is -2.56. The van der Waals surface area contributed by atoms with Crippen LogP contribution in [0.3, 0.4) is 0 Å². The molecule has 1 heterocycles. The van der Waals surface area contributed by atoms with Crippen LogP contribution >= 0.6 is 0 Å². The van der Waals surface area contributed by atoms with Crippen LogP contribution in [-0.2, 0) is 10.3 Å². The van der Waals surface area contributed by atoms with E-state index in [9.17, 15) is 27.2 Å². The standard InChI is InChI=1S/C22H23F4N3O2/c1-20(2,3)17(14-9-11-16(23)12-10-14)27-13-29-18(30)21(22(24,25)26,28-19(29)31)15-7-5-4-6-8-15/h4-12,17,27H,13H2,1-3H3,(H,28,31). The average molecular weight is 437 g/mol. The molecule has 0 bridgehead atoms. The molecule has 1 saturated heterocycles. The minimum Gasteiger partial charge on any atom is -0.312 e. The Hall–Kier alpha value is -2.94. The van der Waals surface area contributed by atoms with E-state index in [2.05, 4.69) is 5.32 Å². The van der Waals surface area contributed by atoms with Gasteiger partial charge in [0.2, 0.25) is 5.54 Å². The van der Waals surface area contributed by atoms with Gasteiger partial charge in [0, 0.05) is 6.04 Å². The molecule has 1 aliphatic rings. The highest BCUT2D eigenvalue weighted by Gasteiger charge is 2.68. The first-order valence-corrected chi connectivity index (χ1v) is 9.63. The maximum atomic E-state index is 14.1. The first-order valence-electron chi connectivity index (χ1n) is 9.63. The van der Waals surface area contributed by atoms with E-state index in [-0.39, 0.29) is 5.56 Å². The summed E-state index contributed by atoms with van der Waals surface area (Å²) >= 11 is 0. The van der Waals surface area contributed by atoms with Crippen molar-refractivity contribution in [2.75, 3.05) is 6.67 Å². The summed E-state index contributed by atoms with van der Waals surface area (Å²) in [5.74, 6) is -1.83. The summed E-state index contributed by atoms with van der Waals surface area (Å²) in [5.41, 5.74) is -3.29. The molecule has 2 N–H and O–H groups in total. The van der Waals surface area contributed by atoms with E-state index in [1.807, 2.05) is 26.1 Å². The van der Waals surface area contributed by atoms with E-state index < -0.39 is 47.6 Å². The number of rotatable bonds is 5. The first kappa shape index (κ1) is 22.7. The number of nitrogens with one attached hydrogen (secondary N) is 2. The van der Waals surface area contributed by atoms with Crippen LogP contribution in [0.4, 0.5) is 22.4 Å². The van der Waals surface area contributed by atoms with Crippen LogP contribution < -0.4 is 10.6 Å². The van der Waals surface area contributed by atoms with E-state index in [1.54, 1.807) is 12.1 Å². The fraction of sp³-hybridized carbons (Fsp3) is 0.364. The highest BCUT2D eigenvalue weighted by atomic mass is 19.4. The lowest BCUT2D eigenvalue weighted by Gasteiger charge is -2.33. The van der Waals surface area contributed by atoms with Crippen molar-refractivity contribution in [1.82, 2.24) is 15.5 Å². The molecule has 2 aromatic rings. The van der Waals surface area contributed by atoms with Crippen molar-refractivity contribution in [2.24, 2.45) is 5.41 Å². The Balaban J connectivity index is 1.90. The Labute approximate surface area is 177 Å². The van der Waals surface area contributed by atoms with Gasteiger partial charge in [-0.2, -0.15) is 13.2 Å². The Bertz CT molecular complexity index is 955. The molecule has 0 saturated carbocycles. The zero-order valence-electron chi connectivity index (χ0n) is 17.3. The maximum absolute atomic E-state index is 14.1. The second-order valence-electron chi connectivity index (χ2n) is 8.49. The second kappa shape index (κ2) is 7.96. The Kier molecular flexibility index (Phi) is 5.84. The average Bonchev–Trinajstić information content (AvgIpc) is 2.94. The van der Waals surface area contributed by atoms with Crippen molar-refractivity contribution < 1.29 is 27.2 Å². The third kappa shape index (κ3) is 4.14. The van der Waals surface area contributed by atoms with Gasteiger partial charge < -0.3 is 5.32 Å². The molecule has 31 heavy (non-hydrogen) atoms. The molecule has 2 aromatic carbocycles. The monoisotopic (exact) mass is 437 g/mol. The Morgan fingerprint density at radius 1 is 1.00 bits per heavy atom. The summed E-state index contributed by atoms with van der Waals surface area (Å²) in [6.07, 6.45) is -5.05. The molecule has 3 amide bonds. The zero-order chi connectivity index (χ0) is 23.0. The van der Waals surface area contributed by atoms with Gasteiger partial charge in [-0.15, -0.1) is 0 Å². The highest BCUT2D eigenvalue weighted by Crippen LogP contribution is 2.43. The molecular formula is C22H23F4N3O2. The normalized spacial score (nSPS) is 20.7. The Morgan fingerprint density at radius 2 is 1.58 bits per heavy atom. The zero-order valence-corrected chi connectivity index (χ0v) is 17.3. The topological polar surface area (TPSA) is 61.4 Å². The quantitative estimate of drug-likeness (QED) is 0.536. The summed E-state index contributed by atoms with van der Waals surface area (Å²) < 4.78 is 55.5. The van der Waals surface area contributed by atoms with Crippen LogP contribution in [0.2, 0.25) is 0 Å². The van der Waals surface area contributed by atoms with Gasteiger partial charge in [-0.05, 0) is 28.7 Å². The summed E-state index contributed by atoms with van der Waals surface area (Å²) in [5, 5.41) is 4.85. The lowest BCUT2D eigenvalue weighted by atomic mass is 9.82. The number of benzene rings is 2. The highest BCUT2D eigenvalue weighted by molar-refractivity contribution is 6.08. The number of hydrogen-bond donors (Lipinski definition) is 2. The van der Waals surface area contributed by atoms with Gasteiger partial charge in [-0.1, -0.05) is 63.2 Å². The van der Waals surface area contributed by atoms with E-state index in [1.165, 1.54) is 30.3 Å². The minimum atomic E-state index is -5.05. The number of nitrogens with zero attached hydrogens (tertiary/aromatic N) is 1. The smallest absolute Gasteiger partial charge is 0.312 e. The fourth-order valence-electron chi connectivity index (χ4n) is 3.72. The molecule has 3 rings (SSSR count). The van der Waals surface area contributed by atoms with Crippen LogP contribution in [-0.4, -0.2) is 29.7 Å². The van der Waals surface area contributed by atoms with Crippen molar-refractivity contribution in [3.05, 3.63) is 71.5 Å². The van der Waals surface area contributed by atoms with Crippen LogP contribution in [0.25, 0.3) is 0 Å². The molecule has 1 aliphatic heterocycles. The van der Waals surface area contributed by atoms with Gasteiger partial charge in [0.05, 0.1) is 6.67 Å². The molecule has 0 radical (unpaired) electrons. The molecule has 0 aromatic heterocycles. The van der Waals surface area contributed by atoms with E-state index >= 15 is 0 Å². The summed E-state index contributed by atoms with van der Waals surface area (Å²) in [4.78, 5) is 25.9. The van der Waals surface area contributed by atoms with Crippen molar-refractivity contribution in [1.29, 1.82) is 0 Å². The molecule has 9 heteroatoms. The number of alkyl halides is 3. The van der Waals surface area contributed by atoms with Crippen LogP contribution in [0.15, 0.2) is 54.6 Å². The molecule has 0 spiro atoms. The molecule has 5 nitrogen and oxygen atoms in total. The second-order valence-corrected chi connectivity index (χ2v) is 8.49. The van der Waals surface area contributed by atoms with Gasteiger partial charge in [-0.25, -0.2) is 14.1 Å². The number of hydrogen-bond acceptors (Lipinski definition) is 3. The number of halogens is 4. The molecule has 1 fully saturated rings. The number of imide groups is 1. The largest absolute Gasteiger partial charge is 0.425 e. The van der Waals surface area contributed by atoms with E-state index in [4.69, 9.17) is 0 Å². The Morgan fingerprint density at radius 3 is 2.10 bits per heavy atom. The van der Waals surface area contributed by atoms with Crippen LogP contribution in [0, 0.1) is 11.2 Å². The predicted molar refractivity (Wildman–Crippen MR) is 106 cm³/mol. The molecule has 2 atom stereocenters. The summed E-state index contributed by atoms with van der Waals surface area (Å²) in [6.45, 7) is 5.19. The van der Waals surface area contributed by atoms with Crippen molar-refractivity contribution in [3.8, 4) is 0 Å². The molecule has 0 aliphatic carbocycles. The van der Waals surface area contributed by atoms with E-state index in [0.29, 0.717) is 10.5 Å². The SMILES string of the molecule is CC(C)(C)C(NCN1C(=O)NC(c2ccccc2)(C(F)(F)F)C1=O)c1ccc(F)cc1. The number of carbonyl (C=O) groups is 2. The molecule has 2 unspecified atom stereocenters. The maximum Gasteiger partial charge on any atom is 0.425 e. The molecule has 166 valence electrons. The van der Waals surface area contributed by atoms with Gasteiger partial charge in [0.1, 0.15) is 5.82 Å².